The molecular weight excluding hydrogens is 281 g/mol. The fourth-order valence-corrected chi connectivity index (χ4v) is 2.44. The number of benzene rings is 1. The largest absolute Gasteiger partial charge is 0.352 e. The van der Waals surface area contributed by atoms with Gasteiger partial charge >= 0.3 is 0 Å². The van der Waals surface area contributed by atoms with E-state index in [-0.39, 0.29) is 5.91 Å². The average molecular weight is 302 g/mol. The Bertz CT molecular complexity index is 421. The second-order valence-electron chi connectivity index (χ2n) is 4.75. The lowest BCUT2D eigenvalue weighted by atomic mass is 9.99. The predicted molar refractivity (Wildman–Crippen MR) is 82.1 cm³/mol. The summed E-state index contributed by atoms with van der Waals surface area (Å²) >= 11 is 11.8. The molecule has 4 heteroatoms. The first-order valence-electron chi connectivity index (χ1n) is 6.81. The summed E-state index contributed by atoms with van der Waals surface area (Å²) in [5.74, 6) is 0.409. The van der Waals surface area contributed by atoms with Crippen molar-refractivity contribution in [3.8, 4) is 0 Å². The van der Waals surface area contributed by atoms with Crippen molar-refractivity contribution in [2.45, 2.75) is 39.5 Å². The van der Waals surface area contributed by atoms with Crippen LogP contribution in [0.25, 0.3) is 0 Å². The smallest absolute Gasteiger partial charge is 0.252 e. The Balaban J connectivity index is 2.54. The van der Waals surface area contributed by atoms with Crippen LogP contribution in [0.5, 0.6) is 0 Å². The molecule has 2 nitrogen and oxygen atoms in total. The Morgan fingerprint density at radius 1 is 1.32 bits per heavy atom. The second kappa shape index (κ2) is 8.44. The van der Waals surface area contributed by atoms with Gasteiger partial charge in [0.2, 0.25) is 0 Å². The second-order valence-corrected chi connectivity index (χ2v) is 5.59. The molecule has 1 aromatic rings. The summed E-state index contributed by atoms with van der Waals surface area (Å²) in [6.45, 7) is 5.04. The summed E-state index contributed by atoms with van der Waals surface area (Å²) in [7, 11) is 0. The predicted octanol–water partition coefficient (Wildman–Crippen LogP) is 4.94. The van der Waals surface area contributed by atoms with Crippen LogP contribution in [0.15, 0.2) is 18.2 Å². The molecule has 0 fully saturated rings. The third kappa shape index (κ3) is 5.42. The SMILES string of the molecule is CCCC[C@@H](CC)CNC(=O)c1ccc(Cl)cc1Cl. The third-order valence-corrected chi connectivity index (χ3v) is 3.82. The summed E-state index contributed by atoms with van der Waals surface area (Å²) in [5.41, 5.74) is 0.483. The van der Waals surface area contributed by atoms with E-state index in [9.17, 15) is 4.79 Å². The van der Waals surface area contributed by atoms with Crippen molar-refractivity contribution in [2.24, 2.45) is 5.92 Å². The van der Waals surface area contributed by atoms with E-state index in [1.165, 1.54) is 12.8 Å². The zero-order valence-corrected chi connectivity index (χ0v) is 13.0. The van der Waals surface area contributed by atoms with E-state index in [4.69, 9.17) is 23.2 Å². The van der Waals surface area contributed by atoms with Crippen LogP contribution in [0.2, 0.25) is 10.0 Å². The maximum Gasteiger partial charge on any atom is 0.252 e. The summed E-state index contributed by atoms with van der Waals surface area (Å²) < 4.78 is 0. The molecule has 1 N–H and O–H groups in total. The first kappa shape index (κ1) is 16.3. The van der Waals surface area contributed by atoms with E-state index in [1.54, 1.807) is 18.2 Å². The van der Waals surface area contributed by atoms with Crippen LogP contribution in [0, 0.1) is 5.92 Å². The molecule has 19 heavy (non-hydrogen) atoms. The van der Waals surface area contributed by atoms with Crippen molar-refractivity contribution < 1.29 is 4.79 Å². The molecule has 1 atom stereocenters. The molecule has 1 amide bonds. The average Bonchev–Trinajstić information content (AvgIpc) is 2.38. The molecule has 1 aromatic carbocycles. The summed E-state index contributed by atoms with van der Waals surface area (Å²) in [6.07, 6.45) is 4.62. The minimum atomic E-state index is -0.128. The number of carbonyl (C=O) groups is 1. The van der Waals surface area contributed by atoms with Crippen LogP contribution in [0.1, 0.15) is 49.9 Å². The van der Waals surface area contributed by atoms with E-state index in [2.05, 4.69) is 19.2 Å². The van der Waals surface area contributed by atoms with E-state index < -0.39 is 0 Å². The lowest BCUT2D eigenvalue weighted by Crippen LogP contribution is -2.29. The van der Waals surface area contributed by atoms with Gasteiger partial charge in [-0.1, -0.05) is 56.3 Å². The van der Waals surface area contributed by atoms with Gasteiger partial charge in [-0.3, -0.25) is 4.79 Å². The highest BCUT2D eigenvalue weighted by molar-refractivity contribution is 6.36. The zero-order chi connectivity index (χ0) is 14.3. The van der Waals surface area contributed by atoms with Gasteiger partial charge in [0.1, 0.15) is 0 Å². The van der Waals surface area contributed by atoms with Crippen molar-refractivity contribution in [3.05, 3.63) is 33.8 Å². The molecular formula is C15H21Cl2NO. The highest BCUT2D eigenvalue weighted by atomic mass is 35.5. The maximum atomic E-state index is 12.0. The lowest BCUT2D eigenvalue weighted by Gasteiger charge is -2.15. The van der Waals surface area contributed by atoms with E-state index in [0.717, 1.165) is 12.8 Å². The van der Waals surface area contributed by atoms with Crippen molar-refractivity contribution in [2.75, 3.05) is 6.54 Å². The summed E-state index contributed by atoms with van der Waals surface area (Å²) in [6, 6.07) is 4.93. The fraction of sp³-hybridized carbons (Fsp3) is 0.533. The van der Waals surface area contributed by atoms with Crippen molar-refractivity contribution in [1.82, 2.24) is 5.32 Å². The van der Waals surface area contributed by atoms with Gasteiger partial charge in [0, 0.05) is 11.6 Å². The van der Waals surface area contributed by atoms with Crippen LogP contribution in [-0.2, 0) is 0 Å². The highest BCUT2D eigenvalue weighted by Crippen LogP contribution is 2.21. The monoisotopic (exact) mass is 301 g/mol. The Hall–Kier alpha value is -0.730. The van der Waals surface area contributed by atoms with Crippen molar-refractivity contribution in [1.29, 1.82) is 0 Å². The van der Waals surface area contributed by atoms with E-state index in [0.29, 0.717) is 28.1 Å². The number of nitrogens with one attached hydrogen (secondary N) is 1. The molecule has 0 saturated heterocycles. The first-order valence-corrected chi connectivity index (χ1v) is 7.57. The van der Waals surface area contributed by atoms with Gasteiger partial charge in [0.25, 0.3) is 5.91 Å². The van der Waals surface area contributed by atoms with Gasteiger partial charge in [-0.15, -0.1) is 0 Å². The summed E-state index contributed by atoms with van der Waals surface area (Å²) in [5, 5.41) is 3.89. The van der Waals surface area contributed by atoms with E-state index >= 15 is 0 Å². The molecule has 0 radical (unpaired) electrons. The van der Waals surface area contributed by atoms with Gasteiger partial charge in [0.05, 0.1) is 10.6 Å². The van der Waals surface area contributed by atoms with Crippen LogP contribution in [0.4, 0.5) is 0 Å². The summed E-state index contributed by atoms with van der Waals surface area (Å²) in [4.78, 5) is 12.0. The van der Waals surface area contributed by atoms with Gasteiger partial charge in [-0.05, 0) is 30.5 Å². The molecule has 0 aliphatic rings. The van der Waals surface area contributed by atoms with Crippen LogP contribution in [-0.4, -0.2) is 12.5 Å². The highest BCUT2D eigenvalue weighted by Gasteiger charge is 2.12. The molecule has 0 unspecified atom stereocenters. The Labute approximate surface area is 125 Å². The number of carbonyl (C=O) groups excluding carboxylic acids is 1. The van der Waals surface area contributed by atoms with Gasteiger partial charge in [-0.2, -0.15) is 0 Å². The normalized spacial score (nSPS) is 12.2. The molecule has 1 rings (SSSR count). The molecule has 0 bridgehead atoms. The first-order chi connectivity index (χ1) is 9.08. The lowest BCUT2D eigenvalue weighted by molar-refractivity contribution is 0.0946. The minimum Gasteiger partial charge on any atom is -0.352 e. The topological polar surface area (TPSA) is 29.1 Å². The fourth-order valence-electron chi connectivity index (χ4n) is 1.95. The number of halogens is 2. The Morgan fingerprint density at radius 3 is 2.63 bits per heavy atom. The van der Waals surface area contributed by atoms with Crippen molar-refractivity contribution in [3.63, 3.8) is 0 Å². The minimum absolute atomic E-state index is 0.128. The van der Waals surface area contributed by atoms with Crippen LogP contribution < -0.4 is 5.32 Å². The molecule has 0 spiro atoms. The number of hydrogen-bond donors (Lipinski definition) is 1. The number of rotatable bonds is 7. The van der Waals surface area contributed by atoms with Gasteiger partial charge in [0.15, 0.2) is 0 Å². The van der Waals surface area contributed by atoms with Crippen LogP contribution >= 0.6 is 23.2 Å². The molecule has 0 aliphatic heterocycles. The molecule has 0 aliphatic carbocycles. The van der Waals surface area contributed by atoms with Crippen molar-refractivity contribution >= 4 is 29.1 Å². The van der Waals surface area contributed by atoms with E-state index in [1.807, 2.05) is 0 Å². The zero-order valence-electron chi connectivity index (χ0n) is 11.5. The maximum absolute atomic E-state index is 12.0. The molecule has 0 aromatic heterocycles. The van der Waals surface area contributed by atoms with Gasteiger partial charge < -0.3 is 5.32 Å². The molecule has 106 valence electrons. The quantitative estimate of drug-likeness (QED) is 0.759. The Morgan fingerprint density at radius 2 is 2.05 bits per heavy atom. The molecule has 0 saturated carbocycles. The standard InChI is InChI=1S/C15H21Cl2NO/c1-3-5-6-11(4-2)10-18-15(19)13-8-7-12(16)9-14(13)17/h7-9,11H,3-6,10H2,1-2H3,(H,18,19)/t11-/m1/s1. The number of unbranched alkanes of at least 4 members (excludes halogenated alkanes) is 1. The number of amides is 1. The number of hydrogen-bond acceptors (Lipinski definition) is 1. The molecule has 0 heterocycles. The van der Waals surface area contributed by atoms with Gasteiger partial charge in [-0.25, -0.2) is 0 Å². The third-order valence-electron chi connectivity index (χ3n) is 3.27. The van der Waals surface area contributed by atoms with Crippen LogP contribution in [0.3, 0.4) is 0 Å². The Kier molecular flexibility index (Phi) is 7.25.